The Morgan fingerprint density at radius 2 is 1.57 bits per heavy atom. The predicted molar refractivity (Wildman–Crippen MR) is 95.7 cm³/mol. The number of piperidine rings is 1. The third kappa shape index (κ3) is 7.13. The number of hydrogen-bond donors (Lipinski definition) is 0. The van der Waals surface area contributed by atoms with Crippen molar-refractivity contribution in [3.05, 3.63) is 30.3 Å². The topological polar surface area (TPSA) is 187 Å². The molecule has 0 N–H and O–H groups in total. The van der Waals surface area contributed by atoms with Crippen LogP contribution in [0, 0.1) is 47.6 Å². The van der Waals surface area contributed by atoms with Gasteiger partial charge in [-0.2, -0.15) is 0 Å². The quantitative estimate of drug-likeness (QED) is 0.313. The second-order valence-electron chi connectivity index (χ2n) is 8.02. The van der Waals surface area contributed by atoms with Gasteiger partial charge in [0.15, 0.2) is 0 Å². The summed E-state index contributed by atoms with van der Waals surface area (Å²) >= 11 is 0. The van der Waals surface area contributed by atoms with Gasteiger partial charge in [0.2, 0.25) is 0 Å². The van der Waals surface area contributed by atoms with Crippen molar-refractivity contribution in [2.45, 2.75) is 46.1 Å². The molecule has 1 heterocycles. The van der Waals surface area contributed by atoms with E-state index in [4.69, 9.17) is 4.84 Å². The van der Waals surface area contributed by atoms with Gasteiger partial charge in [0, 0.05) is 12.5 Å². The Morgan fingerprint density at radius 1 is 1.03 bits per heavy atom. The summed E-state index contributed by atoms with van der Waals surface area (Å²) in [5.74, 6) is -1.76. The Bertz CT molecular complexity index is 654. The number of carbonyl (C=O) groups is 1. The molecule has 0 amide bonds. The van der Waals surface area contributed by atoms with E-state index in [9.17, 15) is 35.1 Å². The highest BCUT2D eigenvalue weighted by atomic mass is 17.0. The minimum Gasteiger partial charge on any atom is -0.367 e. The van der Waals surface area contributed by atoms with E-state index in [-0.39, 0.29) is 32.8 Å². The molecule has 0 radical (unpaired) electrons. The Morgan fingerprint density at radius 3 is 2.10 bits per heavy atom. The van der Waals surface area contributed by atoms with Crippen molar-refractivity contribution in [2.75, 3.05) is 26.4 Å². The molecule has 0 bridgehead atoms. The highest BCUT2D eigenvalue weighted by Crippen LogP contribution is 2.39. The van der Waals surface area contributed by atoms with Crippen LogP contribution in [0.1, 0.15) is 40.5 Å². The fraction of sp³-hybridized carbons (Fsp3) is 0.933. The van der Waals surface area contributed by atoms with Gasteiger partial charge in [0.25, 0.3) is 15.3 Å². The number of nitrogens with zero attached hydrogens (tertiary/aromatic N) is 4. The number of hydrogen-bond acceptors (Lipinski definition) is 12. The first-order chi connectivity index (χ1) is 13.8. The van der Waals surface area contributed by atoms with E-state index in [0.29, 0.717) is 6.42 Å². The molecular weight excluding hydrogens is 412 g/mol. The third-order valence-corrected chi connectivity index (χ3v) is 5.25. The number of carbonyl (C=O) groups excluding carboxylic acids is 1. The molecule has 30 heavy (non-hydrogen) atoms. The molecule has 0 aromatic carbocycles. The van der Waals surface area contributed by atoms with Crippen molar-refractivity contribution in [1.29, 1.82) is 0 Å². The molecule has 1 aliphatic rings. The average Bonchev–Trinajstić information content (AvgIpc) is 2.59. The normalized spacial score (nSPS) is 21.3. The molecule has 1 rings (SSSR count). The van der Waals surface area contributed by atoms with Gasteiger partial charge in [-0.1, -0.05) is 0 Å². The molecule has 2 unspecified atom stereocenters. The van der Waals surface area contributed by atoms with Crippen LogP contribution in [0.5, 0.6) is 0 Å². The zero-order chi connectivity index (χ0) is 23.1. The molecule has 1 saturated heterocycles. The SMILES string of the molecule is CC(C)(CCO[N+](=O)[O-])C(=O)ON1CCC(CO[N+](=O)[O-])C(CO[N+](=O)[O-])C1(C)C. The largest absolute Gasteiger partial charge is 0.367 e. The van der Waals surface area contributed by atoms with Gasteiger partial charge in [-0.05, 0) is 46.5 Å². The summed E-state index contributed by atoms with van der Waals surface area (Å²) in [5.41, 5.74) is -2.09. The van der Waals surface area contributed by atoms with Gasteiger partial charge in [-0.25, -0.2) is 4.79 Å². The maximum atomic E-state index is 12.6. The van der Waals surface area contributed by atoms with Crippen molar-refractivity contribution in [1.82, 2.24) is 5.06 Å². The first-order valence-corrected chi connectivity index (χ1v) is 9.09. The molecule has 0 spiro atoms. The Kier molecular flexibility index (Phi) is 8.50. The lowest BCUT2D eigenvalue weighted by atomic mass is 9.74. The standard InChI is InChI=1S/C15H26N4O11/c1-14(2,6-8-27-17(21)22)13(20)30-16-7-5-11(9-28-18(23)24)12(15(16,3)4)10-29-19(25)26/h11-12H,5-10H2,1-4H3. The molecule has 172 valence electrons. The van der Waals surface area contributed by atoms with Gasteiger partial charge in [-0.3, -0.25) is 0 Å². The first-order valence-electron chi connectivity index (χ1n) is 9.09. The summed E-state index contributed by atoms with van der Waals surface area (Å²) in [6.45, 7) is 5.64. The highest BCUT2D eigenvalue weighted by Gasteiger charge is 2.48. The summed E-state index contributed by atoms with van der Waals surface area (Å²) in [6, 6.07) is 0. The summed E-state index contributed by atoms with van der Waals surface area (Å²) in [6.07, 6.45) is 0.315. The minimum absolute atomic E-state index is 0.0221. The van der Waals surface area contributed by atoms with Crippen molar-refractivity contribution in [2.24, 2.45) is 17.3 Å². The van der Waals surface area contributed by atoms with Crippen molar-refractivity contribution < 1.29 is 39.4 Å². The van der Waals surface area contributed by atoms with Gasteiger partial charge in [0.1, 0.15) is 6.61 Å². The van der Waals surface area contributed by atoms with Crippen LogP contribution in [0.3, 0.4) is 0 Å². The predicted octanol–water partition coefficient (Wildman–Crippen LogP) is 1.20. The van der Waals surface area contributed by atoms with Crippen LogP contribution < -0.4 is 0 Å². The van der Waals surface area contributed by atoms with E-state index < -0.39 is 44.0 Å². The smallest absolute Gasteiger partial charge is 0.330 e. The Hall–Kier alpha value is -2.97. The summed E-state index contributed by atoms with van der Waals surface area (Å²) in [4.78, 5) is 62.8. The van der Waals surface area contributed by atoms with Crippen molar-refractivity contribution in [3.63, 3.8) is 0 Å². The van der Waals surface area contributed by atoms with Gasteiger partial charge < -0.3 is 19.4 Å². The lowest BCUT2D eigenvalue weighted by Crippen LogP contribution is -2.59. The maximum Gasteiger partial charge on any atom is 0.330 e. The molecule has 2 atom stereocenters. The van der Waals surface area contributed by atoms with Gasteiger partial charge >= 0.3 is 5.97 Å². The lowest BCUT2D eigenvalue weighted by molar-refractivity contribution is -0.764. The lowest BCUT2D eigenvalue weighted by Gasteiger charge is -2.49. The summed E-state index contributed by atoms with van der Waals surface area (Å²) in [5, 5.41) is 29.9. The molecule has 1 fully saturated rings. The van der Waals surface area contributed by atoms with Crippen LogP contribution in [-0.2, 0) is 24.1 Å². The van der Waals surface area contributed by atoms with Crippen molar-refractivity contribution in [3.8, 4) is 0 Å². The fourth-order valence-corrected chi connectivity index (χ4v) is 3.24. The van der Waals surface area contributed by atoms with E-state index in [1.165, 1.54) is 18.9 Å². The van der Waals surface area contributed by atoms with Gasteiger partial charge in [0.05, 0.1) is 24.2 Å². The van der Waals surface area contributed by atoms with E-state index in [1.54, 1.807) is 13.8 Å². The number of hydroxylamine groups is 2. The maximum absolute atomic E-state index is 12.6. The monoisotopic (exact) mass is 438 g/mol. The minimum atomic E-state index is -1.11. The molecular formula is C15H26N4O11. The van der Waals surface area contributed by atoms with E-state index in [2.05, 4.69) is 14.5 Å². The number of rotatable bonds is 12. The summed E-state index contributed by atoms with van der Waals surface area (Å²) < 4.78 is 0. The van der Waals surface area contributed by atoms with Crippen LogP contribution in [0.25, 0.3) is 0 Å². The third-order valence-electron chi connectivity index (χ3n) is 5.25. The Balaban J connectivity index is 2.89. The van der Waals surface area contributed by atoms with E-state index in [1.807, 2.05) is 0 Å². The van der Waals surface area contributed by atoms with Crippen LogP contribution in [0.2, 0.25) is 0 Å². The molecule has 15 nitrogen and oxygen atoms in total. The van der Waals surface area contributed by atoms with Crippen LogP contribution in [0.15, 0.2) is 0 Å². The van der Waals surface area contributed by atoms with Crippen molar-refractivity contribution >= 4 is 5.97 Å². The summed E-state index contributed by atoms with van der Waals surface area (Å²) in [7, 11) is 0. The van der Waals surface area contributed by atoms with Gasteiger partial charge in [-0.15, -0.1) is 35.4 Å². The highest BCUT2D eigenvalue weighted by molar-refractivity contribution is 5.75. The molecule has 1 aliphatic heterocycles. The molecule has 0 saturated carbocycles. The Labute approximate surface area is 171 Å². The molecule has 15 heteroatoms. The van der Waals surface area contributed by atoms with E-state index >= 15 is 0 Å². The molecule has 0 aromatic heterocycles. The average molecular weight is 438 g/mol. The van der Waals surface area contributed by atoms with E-state index in [0.717, 1.165) is 0 Å². The second-order valence-corrected chi connectivity index (χ2v) is 8.02. The zero-order valence-corrected chi connectivity index (χ0v) is 17.2. The fourth-order valence-electron chi connectivity index (χ4n) is 3.24. The van der Waals surface area contributed by atoms with Crippen LogP contribution in [0.4, 0.5) is 0 Å². The van der Waals surface area contributed by atoms with Crippen LogP contribution in [-0.4, -0.2) is 58.2 Å². The second kappa shape index (κ2) is 10.2. The zero-order valence-electron chi connectivity index (χ0n) is 17.2. The van der Waals surface area contributed by atoms with Crippen LogP contribution >= 0.6 is 0 Å². The first kappa shape index (κ1) is 25.1. The molecule has 0 aromatic rings. The molecule has 0 aliphatic carbocycles.